The Balaban J connectivity index is 2.37. The van der Waals surface area contributed by atoms with Crippen molar-refractivity contribution in [1.82, 2.24) is 0 Å². The number of benzene rings is 3. The van der Waals surface area contributed by atoms with E-state index in [1.807, 2.05) is 0 Å². The van der Waals surface area contributed by atoms with E-state index in [1.54, 1.807) is 14.2 Å². The minimum atomic E-state index is -0.888. The zero-order valence-electron chi connectivity index (χ0n) is 28.4. The summed E-state index contributed by atoms with van der Waals surface area (Å²) in [5.41, 5.74) is 6.76. The van der Waals surface area contributed by atoms with E-state index in [9.17, 15) is 0 Å². The van der Waals surface area contributed by atoms with Gasteiger partial charge in [0.2, 0.25) is 0 Å². The Morgan fingerprint density at radius 2 is 0.955 bits per heavy atom. The number of aryl methyl sites for hydroxylation is 4. The van der Waals surface area contributed by atoms with Gasteiger partial charge < -0.3 is 18.9 Å². The van der Waals surface area contributed by atoms with Crippen LogP contribution in [-0.4, -0.2) is 27.8 Å². The fraction of sp³-hybridized carbons (Fsp3) is 0.538. The van der Waals surface area contributed by atoms with Gasteiger partial charge >= 0.3 is 0 Å². The van der Waals surface area contributed by atoms with Crippen molar-refractivity contribution >= 4 is 18.5 Å². The average molecular weight is 621 g/mol. The third kappa shape index (κ3) is 10.9. The fourth-order valence-corrected chi connectivity index (χ4v) is 8.39. The van der Waals surface area contributed by atoms with E-state index < -0.39 is 7.92 Å². The van der Waals surface area contributed by atoms with Gasteiger partial charge in [0.15, 0.2) is 13.6 Å². The normalized spacial score (nSPS) is 11.3. The molecule has 5 heteroatoms. The second-order valence-electron chi connectivity index (χ2n) is 11.8. The van der Waals surface area contributed by atoms with Gasteiger partial charge in [-0.3, -0.25) is 0 Å². The van der Waals surface area contributed by atoms with Crippen LogP contribution in [0.5, 0.6) is 11.5 Å². The van der Waals surface area contributed by atoms with Crippen molar-refractivity contribution < 1.29 is 18.9 Å². The maximum absolute atomic E-state index is 6.55. The predicted octanol–water partition coefficient (Wildman–Crippen LogP) is 9.66. The first-order chi connectivity index (χ1) is 21.6. The highest BCUT2D eigenvalue weighted by Gasteiger charge is 2.27. The molecule has 0 saturated carbocycles. The van der Waals surface area contributed by atoms with E-state index in [2.05, 4.69) is 82.3 Å². The van der Waals surface area contributed by atoms with Crippen LogP contribution in [0.2, 0.25) is 0 Å². The molecule has 0 spiro atoms. The van der Waals surface area contributed by atoms with Crippen molar-refractivity contribution in [2.75, 3.05) is 27.8 Å². The van der Waals surface area contributed by atoms with Crippen LogP contribution in [0, 0.1) is 0 Å². The molecule has 242 valence electrons. The highest BCUT2D eigenvalue weighted by Crippen LogP contribution is 2.46. The molecule has 0 aliphatic carbocycles. The van der Waals surface area contributed by atoms with E-state index in [1.165, 1.54) is 64.1 Å². The summed E-state index contributed by atoms with van der Waals surface area (Å²) in [5, 5.41) is 2.61. The smallest absolute Gasteiger partial charge is 0.188 e. The Morgan fingerprint density at radius 1 is 0.523 bits per heavy atom. The molecule has 0 atom stereocenters. The monoisotopic (exact) mass is 620 g/mol. The highest BCUT2D eigenvalue weighted by molar-refractivity contribution is 7.72. The van der Waals surface area contributed by atoms with Crippen LogP contribution < -0.4 is 20.1 Å². The quantitative estimate of drug-likeness (QED) is 0.0828. The lowest BCUT2D eigenvalue weighted by molar-refractivity contribution is 0.0511. The lowest BCUT2D eigenvalue weighted by Gasteiger charge is -2.28. The Kier molecular flexibility index (Phi) is 16.9. The van der Waals surface area contributed by atoms with Gasteiger partial charge in [0.05, 0.1) is 0 Å². The Morgan fingerprint density at radius 3 is 1.36 bits per heavy atom. The number of unbranched alkanes of at least 4 members (excludes halogenated alkanes) is 4. The predicted molar refractivity (Wildman–Crippen MR) is 189 cm³/mol. The Bertz CT molecular complexity index is 1150. The molecule has 0 radical (unpaired) electrons. The third-order valence-corrected chi connectivity index (χ3v) is 10.6. The van der Waals surface area contributed by atoms with Gasteiger partial charge in [0.25, 0.3) is 0 Å². The minimum absolute atomic E-state index is 0.236. The van der Waals surface area contributed by atoms with E-state index in [-0.39, 0.29) is 13.6 Å². The van der Waals surface area contributed by atoms with Crippen LogP contribution in [-0.2, 0) is 41.3 Å². The Hall–Kier alpha value is -2.39. The fourth-order valence-electron chi connectivity index (χ4n) is 5.67. The van der Waals surface area contributed by atoms with Crippen molar-refractivity contribution in [2.45, 2.75) is 111 Å². The lowest BCUT2D eigenvalue weighted by atomic mass is 10.0. The number of ether oxygens (including phenoxy) is 4. The first-order valence-electron chi connectivity index (χ1n) is 17.0. The topological polar surface area (TPSA) is 36.9 Å². The number of methoxy groups -OCH3 is 2. The molecule has 0 N–H and O–H groups in total. The molecule has 3 rings (SSSR count). The number of hydrogen-bond acceptors (Lipinski definition) is 4. The molecule has 0 unspecified atom stereocenters. The summed E-state index contributed by atoms with van der Waals surface area (Å²) in [7, 11) is 2.53. The molecule has 0 aliphatic rings. The van der Waals surface area contributed by atoms with Crippen LogP contribution in [0.25, 0.3) is 0 Å². The molecule has 0 bridgehead atoms. The maximum atomic E-state index is 6.55. The molecule has 0 heterocycles. The number of hydrogen-bond donors (Lipinski definition) is 0. The van der Waals surface area contributed by atoms with Crippen LogP contribution in [0.1, 0.15) is 107 Å². The van der Waals surface area contributed by atoms with Crippen LogP contribution >= 0.6 is 7.92 Å². The van der Waals surface area contributed by atoms with E-state index in [0.717, 1.165) is 69.0 Å². The molecule has 3 aromatic rings. The summed E-state index contributed by atoms with van der Waals surface area (Å²) in [6.45, 7) is 9.55. The first-order valence-corrected chi connectivity index (χ1v) is 18.5. The summed E-state index contributed by atoms with van der Waals surface area (Å²) in [5.74, 6) is 2.02. The van der Waals surface area contributed by atoms with Crippen LogP contribution in [0.3, 0.4) is 0 Å². The molecule has 0 amide bonds. The van der Waals surface area contributed by atoms with Gasteiger partial charge in [0.1, 0.15) is 11.5 Å². The maximum Gasteiger partial charge on any atom is 0.188 e. The molecular weight excluding hydrogens is 563 g/mol. The average Bonchev–Trinajstić information content (AvgIpc) is 3.05. The summed E-state index contributed by atoms with van der Waals surface area (Å²) in [6.07, 6.45) is 14.3. The van der Waals surface area contributed by atoms with Gasteiger partial charge in [-0.1, -0.05) is 95.8 Å². The van der Waals surface area contributed by atoms with Gasteiger partial charge in [-0.15, -0.1) is 0 Å². The van der Waals surface area contributed by atoms with Crippen molar-refractivity contribution in [3.05, 3.63) is 82.4 Å². The Labute approximate surface area is 269 Å². The first kappa shape index (κ1) is 36.1. The van der Waals surface area contributed by atoms with Crippen molar-refractivity contribution in [2.24, 2.45) is 0 Å². The van der Waals surface area contributed by atoms with Gasteiger partial charge in [-0.25, -0.2) is 0 Å². The SMILES string of the molecule is CCCCc1cc(CCCC)c(OCOC)c(P(Cc2ccccc2)c2cc(CCCC)cc(CCCC)c2OCOC)c1. The molecule has 0 saturated heterocycles. The third-order valence-electron chi connectivity index (χ3n) is 8.06. The van der Waals surface area contributed by atoms with Crippen molar-refractivity contribution in [1.29, 1.82) is 0 Å². The molecule has 0 fully saturated rings. The zero-order valence-corrected chi connectivity index (χ0v) is 29.3. The summed E-state index contributed by atoms with van der Waals surface area (Å²) >= 11 is 0. The van der Waals surface area contributed by atoms with E-state index in [4.69, 9.17) is 18.9 Å². The van der Waals surface area contributed by atoms with E-state index >= 15 is 0 Å². The van der Waals surface area contributed by atoms with Gasteiger partial charge in [-0.2, -0.15) is 0 Å². The van der Waals surface area contributed by atoms with Crippen LogP contribution in [0.4, 0.5) is 0 Å². The van der Waals surface area contributed by atoms with Crippen molar-refractivity contribution in [3.8, 4) is 11.5 Å². The highest BCUT2D eigenvalue weighted by atomic mass is 31.1. The van der Waals surface area contributed by atoms with Crippen LogP contribution in [0.15, 0.2) is 54.6 Å². The second-order valence-corrected chi connectivity index (χ2v) is 13.9. The summed E-state index contributed by atoms with van der Waals surface area (Å²) < 4.78 is 24.1. The summed E-state index contributed by atoms with van der Waals surface area (Å²) in [6, 6.07) is 20.7. The molecule has 4 nitrogen and oxygen atoms in total. The molecule has 0 aliphatic heterocycles. The standard InChI is InChI=1S/C39H57O4P/c1-7-11-18-32-24-34(22-13-9-3)38(42-29-40-5)36(26-32)44(28-31-20-16-15-17-21-31)37-27-33(19-12-8-2)25-35(23-14-10-4)39(37)43-30-41-6/h15-17,20-21,24-27H,7-14,18-19,22-23,28-30H2,1-6H3. The van der Waals surface area contributed by atoms with Gasteiger partial charge in [-0.05, 0) is 99.2 Å². The van der Waals surface area contributed by atoms with Gasteiger partial charge in [0, 0.05) is 31.0 Å². The number of rotatable bonds is 22. The minimum Gasteiger partial charge on any atom is -0.467 e. The molecule has 0 aromatic heterocycles. The molecule has 3 aromatic carbocycles. The lowest BCUT2D eigenvalue weighted by Crippen LogP contribution is -2.23. The summed E-state index contributed by atoms with van der Waals surface area (Å²) in [4.78, 5) is 0. The second kappa shape index (κ2) is 20.6. The van der Waals surface area contributed by atoms with E-state index in [0.29, 0.717) is 0 Å². The zero-order chi connectivity index (χ0) is 31.6. The largest absolute Gasteiger partial charge is 0.467 e. The van der Waals surface area contributed by atoms with Crippen molar-refractivity contribution in [3.63, 3.8) is 0 Å². The molecule has 44 heavy (non-hydrogen) atoms. The molecular formula is C39H57O4P.